The summed E-state index contributed by atoms with van der Waals surface area (Å²) in [7, 11) is 2.47. The number of carbonyl (C=O) groups is 2. The lowest BCUT2D eigenvalue weighted by Gasteiger charge is -2.45. The third-order valence-electron chi connectivity index (χ3n) is 10.9. The maximum atomic E-state index is 14.4. The third kappa shape index (κ3) is 12.1. The van der Waals surface area contributed by atoms with Gasteiger partial charge in [0.05, 0.1) is 32.0 Å². The average molecular weight is 725 g/mol. The zero-order valence-corrected chi connectivity index (χ0v) is 34.0. The minimum absolute atomic E-state index is 0.0400. The topological polar surface area (TPSA) is 89.5 Å². The average Bonchev–Trinajstić information content (AvgIpc) is 3.11. The van der Waals surface area contributed by atoms with E-state index in [1.165, 1.54) is 7.11 Å². The summed E-state index contributed by atoms with van der Waals surface area (Å²) in [5, 5.41) is -0.145. The molecular formula is C42H64O8Si. The summed E-state index contributed by atoms with van der Waals surface area (Å²) in [6.07, 6.45) is 5.97. The zero-order valence-electron chi connectivity index (χ0n) is 33.0. The van der Waals surface area contributed by atoms with E-state index in [0.29, 0.717) is 13.0 Å². The number of hydrogen-bond acceptors (Lipinski definition) is 8. The number of rotatable bonds is 9. The molecule has 0 spiro atoms. The summed E-state index contributed by atoms with van der Waals surface area (Å²) in [5.74, 6) is -1.55. The Hall–Kier alpha value is -2.82. The van der Waals surface area contributed by atoms with Crippen molar-refractivity contribution < 1.29 is 37.7 Å². The number of esters is 1. The Kier molecular flexibility index (Phi) is 16.6. The number of benzene rings is 2. The molecule has 0 N–H and O–H groups in total. The fourth-order valence-corrected chi connectivity index (χ4v) is 7.78. The monoisotopic (exact) mass is 724 g/mol. The molecule has 8 atom stereocenters. The number of carbonyl (C=O) groups excluding carboxylic acids is 2. The summed E-state index contributed by atoms with van der Waals surface area (Å²) in [4.78, 5) is 28.3. The molecule has 2 aromatic rings. The lowest BCUT2D eigenvalue weighted by Crippen LogP contribution is -2.55. The first-order chi connectivity index (χ1) is 24.1. The molecule has 0 radical (unpaired) electrons. The SMILES string of the molecule is COc1ccc(CO[C@@H]2[C@@H](C)[C@H](O[Si](C)(C)C(C)(C)C)[C@@H](OC)C(=O)[C@H](C)C(=O)O[C@H](c3ccccc3)CCCC[C@H](OC)C/C=C/[C@@H]2C)cc1. The van der Waals surface area contributed by atoms with E-state index in [-0.39, 0.29) is 34.9 Å². The van der Waals surface area contributed by atoms with Crippen LogP contribution in [0.4, 0.5) is 0 Å². The van der Waals surface area contributed by atoms with Crippen molar-refractivity contribution >= 4 is 20.1 Å². The van der Waals surface area contributed by atoms with Gasteiger partial charge in [-0.15, -0.1) is 0 Å². The van der Waals surface area contributed by atoms with Crippen molar-refractivity contribution in [2.45, 2.75) is 129 Å². The molecule has 0 amide bonds. The van der Waals surface area contributed by atoms with E-state index in [0.717, 1.165) is 42.6 Å². The predicted octanol–water partition coefficient (Wildman–Crippen LogP) is 9.28. The zero-order chi connectivity index (χ0) is 37.8. The highest BCUT2D eigenvalue weighted by molar-refractivity contribution is 6.74. The summed E-state index contributed by atoms with van der Waals surface area (Å²) >= 11 is 0. The van der Waals surface area contributed by atoms with E-state index in [2.05, 4.69) is 59.9 Å². The van der Waals surface area contributed by atoms with Crippen LogP contribution in [-0.2, 0) is 39.6 Å². The minimum atomic E-state index is -2.47. The highest BCUT2D eigenvalue weighted by Crippen LogP contribution is 2.40. The van der Waals surface area contributed by atoms with E-state index in [4.69, 9.17) is 28.1 Å². The maximum absolute atomic E-state index is 14.4. The summed E-state index contributed by atoms with van der Waals surface area (Å²) in [5.41, 5.74) is 1.91. The molecule has 8 nitrogen and oxygen atoms in total. The number of hydrogen-bond donors (Lipinski definition) is 0. The molecule has 1 aliphatic heterocycles. The second-order valence-corrected chi connectivity index (χ2v) is 20.4. The largest absolute Gasteiger partial charge is 0.497 e. The molecule has 0 saturated heterocycles. The predicted molar refractivity (Wildman–Crippen MR) is 205 cm³/mol. The first-order valence-electron chi connectivity index (χ1n) is 18.6. The van der Waals surface area contributed by atoms with Gasteiger partial charge in [-0.2, -0.15) is 0 Å². The quantitative estimate of drug-likeness (QED) is 0.109. The van der Waals surface area contributed by atoms with Gasteiger partial charge in [0.15, 0.2) is 14.1 Å². The fraction of sp³-hybridized carbons (Fsp3) is 0.619. The molecule has 1 heterocycles. The van der Waals surface area contributed by atoms with Crippen molar-refractivity contribution in [3.05, 3.63) is 77.9 Å². The Morgan fingerprint density at radius 1 is 0.843 bits per heavy atom. The van der Waals surface area contributed by atoms with Gasteiger partial charge in [0.2, 0.25) is 0 Å². The molecule has 3 rings (SSSR count). The number of Topliss-reactive ketones (excluding diaryl/α,β-unsaturated/α-hetero) is 1. The van der Waals surface area contributed by atoms with Crippen LogP contribution in [0.3, 0.4) is 0 Å². The lowest BCUT2D eigenvalue weighted by molar-refractivity contribution is -0.162. The standard InChI is InChI=1S/C42H64O8Si/c1-29-18-17-22-34(45-7)21-15-16-23-36(33-19-13-12-14-20-33)49-41(44)30(2)37(43)40(47-9)39(50-51(10,11)42(4,5)6)31(3)38(29)48-28-32-24-26-35(46-8)27-25-32/h12-14,17-20,24-27,29-31,34,36,38-40H,15-16,21-23,28H2,1-11H3/b18-17+/t29-,30-,31+,34-,36-,38-,39-,40-/m0/s1. The second kappa shape index (κ2) is 19.9. The summed E-state index contributed by atoms with van der Waals surface area (Å²) < 4.78 is 37.4. The lowest BCUT2D eigenvalue weighted by atomic mass is 9.83. The van der Waals surface area contributed by atoms with Crippen LogP contribution in [-0.4, -0.2) is 65.8 Å². The molecule has 1 aliphatic rings. The van der Waals surface area contributed by atoms with Crippen LogP contribution in [0.5, 0.6) is 5.75 Å². The molecule has 9 heteroatoms. The van der Waals surface area contributed by atoms with E-state index in [9.17, 15) is 9.59 Å². The Bertz CT molecular complexity index is 1370. The van der Waals surface area contributed by atoms with Gasteiger partial charge >= 0.3 is 5.97 Å². The summed E-state index contributed by atoms with van der Waals surface area (Å²) in [6.45, 7) is 17.1. The molecule has 0 unspecified atom stereocenters. The Morgan fingerprint density at radius 3 is 2.08 bits per heavy atom. The molecule has 0 saturated carbocycles. The van der Waals surface area contributed by atoms with Gasteiger partial charge in [0.1, 0.15) is 23.9 Å². The molecule has 0 bridgehead atoms. The molecular weight excluding hydrogens is 661 g/mol. The Morgan fingerprint density at radius 2 is 1.49 bits per heavy atom. The number of ether oxygens (including phenoxy) is 5. The molecule has 0 aromatic heterocycles. The Labute approximate surface area is 308 Å². The maximum Gasteiger partial charge on any atom is 0.316 e. The second-order valence-electron chi connectivity index (χ2n) is 15.6. The van der Waals surface area contributed by atoms with Crippen LogP contribution in [0, 0.1) is 17.8 Å². The van der Waals surface area contributed by atoms with E-state index in [1.807, 2.05) is 54.6 Å². The number of cyclic esters (lactones) is 1. The van der Waals surface area contributed by atoms with Crippen LogP contribution in [0.1, 0.15) is 90.9 Å². The van der Waals surface area contributed by atoms with Crippen molar-refractivity contribution in [2.24, 2.45) is 17.8 Å². The van der Waals surface area contributed by atoms with Gasteiger partial charge in [-0.05, 0) is 74.0 Å². The summed E-state index contributed by atoms with van der Waals surface area (Å²) in [6, 6.07) is 17.6. The van der Waals surface area contributed by atoms with Crippen LogP contribution < -0.4 is 4.74 Å². The first kappa shape index (κ1) is 42.6. The van der Waals surface area contributed by atoms with Gasteiger partial charge in [-0.3, -0.25) is 9.59 Å². The van der Waals surface area contributed by atoms with Crippen LogP contribution in [0.15, 0.2) is 66.7 Å². The van der Waals surface area contributed by atoms with Crippen LogP contribution >= 0.6 is 0 Å². The molecule has 284 valence electrons. The van der Waals surface area contributed by atoms with Gasteiger partial charge in [0, 0.05) is 26.1 Å². The van der Waals surface area contributed by atoms with Crippen molar-refractivity contribution in [3.63, 3.8) is 0 Å². The van der Waals surface area contributed by atoms with E-state index >= 15 is 0 Å². The van der Waals surface area contributed by atoms with Crippen molar-refractivity contribution in [1.82, 2.24) is 0 Å². The third-order valence-corrected chi connectivity index (χ3v) is 15.3. The van der Waals surface area contributed by atoms with E-state index < -0.39 is 38.5 Å². The molecule has 2 aromatic carbocycles. The molecule has 0 fully saturated rings. The fourth-order valence-electron chi connectivity index (χ4n) is 6.41. The molecule has 51 heavy (non-hydrogen) atoms. The molecule has 0 aliphatic carbocycles. The van der Waals surface area contributed by atoms with Crippen molar-refractivity contribution in [2.75, 3.05) is 21.3 Å². The Balaban J connectivity index is 2.09. The van der Waals surface area contributed by atoms with Gasteiger partial charge in [-0.1, -0.05) is 95.7 Å². The number of methoxy groups -OCH3 is 3. The highest BCUT2D eigenvalue weighted by Gasteiger charge is 2.47. The van der Waals surface area contributed by atoms with Gasteiger partial charge < -0.3 is 28.1 Å². The van der Waals surface area contributed by atoms with E-state index in [1.54, 1.807) is 21.1 Å². The van der Waals surface area contributed by atoms with Gasteiger partial charge in [-0.25, -0.2) is 0 Å². The van der Waals surface area contributed by atoms with Gasteiger partial charge in [0.25, 0.3) is 0 Å². The first-order valence-corrected chi connectivity index (χ1v) is 21.5. The van der Waals surface area contributed by atoms with Crippen molar-refractivity contribution in [3.8, 4) is 5.75 Å². The smallest absolute Gasteiger partial charge is 0.316 e. The highest BCUT2D eigenvalue weighted by atomic mass is 28.4. The normalized spacial score (nSPS) is 28.7. The van der Waals surface area contributed by atoms with Crippen LogP contribution in [0.2, 0.25) is 18.1 Å². The number of ketones is 1. The van der Waals surface area contributed by atoms with Crippen molar-refractivity contribution in [1.29, 1.82) is 0 Å². The van der Waals surface area contributed by atoms with Crippen LogP contribution in [0.25, 0.3) is 0 Å². The minimum Gasteiger partial charge on any atom is -0.497 e.